The van der Waals surface area contributed by atoms with Crippen LogP contribution in [0.25, 0.3) is 10.1 Å². The molecule has 0 saturated heterocycles. The van der Waals surface area contributed by atoms with Gasteiger partial charge in [0, 0.05) is 15.2 Å². The van der Waals surface area contributed by atoms with Crippen LogP contribution < -0.4 is 5.32 Å². The van der Waals surface area contributed by atoms with Gasteiger partial charge in [-0.05, 0) is 69.5 Å². The summed E-state index contributed by atoms with van der Waals surface area (Å²) < 4.78 is 2.59. The van der Waals surface area contributed by atoms with Crippen LogP contribution in [0, 0.1) is 11.3 Å². The molecule has 1 fully saturated rings. The summed E-state index contributed by atoms with van der Waals surface area (Å²) in [4.78, 5) is 0. The molecule has 3 rings (SSSR count). The van der Waals surface area contributed by atoms with Crippen molar-refractivity contribution in [1.82, 2.24) is 5.32 Å². The summed E-state index contributed by atoms with van der Waals surface area (Å²) in [5.74, 6) is 0.716. The topological polar surface area (TPSA) is 12.0 Å². The van der Waals surface area contributed by atoms with Crippen LogP contribution in [-0.2, 0) is 0 Å². The van der Waals surface area contributed by atoms with Gasteiger partial charge in [-0.15, -0.1) is 11.3 Å². The Morgan fingerprint density at radius 1 is 1.33 bits per heavy atom. The van der Waals surface area contributed by atoms with Gasteiger partial charge in [0.15, 0.2) is 0 Å². The fourth-order valence-electron chi connectivity index (χ4n) is 3.99. The lowest BCUT2D eigenvalue weighted by Gasteiger charge is -2.43. The van der Waals surface area contributed by atoms with Crippen LogP contribution in [-0.4, -0.2) is 7.05 Å². The number of hydrogen-bond donors (Lipinski definition) is 1. The van der Waals surface area contributed by atoms with E-state index in [1.54, 1.807) is 0 Å². The molecule has 0 bridgehead atoms. The summed E-state index contributed by atoms with van der Waals surface area (Å²) in [5, 5.41) is 7.41. The number of thiophene rings is 1. The van der Waals surface area contributed by atoms with Crippen LogP contribution in [0.15, 0.2) is 28.1 Å². The number of hydrogen-bond acceptors (Lipinski definition) is 2. The Morgan fingerprint density at radius 3 is 2.86 bits per heavy atom. The van der Waals surface area contributed by atoms with Crippen LogP contribution in [0.2, 0.25) is 0 Å². The van der Waals surface area contributed by atoms with Gasteiger partial charge in [0.1, 0.15) is 0 Å². The SMILES string of the molecule is CNC(c1csc2c(Br)cccc12)C1CCCCC1(C)C. The van der Waals surface area contributed by atoms with Crippen LogP contribution in [0.4, 0.5) is 0 Å². The number of nitrogens with one attached hydrogen (secondary N) is 1. The van der Waals surface area contributed by atoms with Gasteiger partial charge in [0.05, 0.1) is 0 Å². The molecule has 0 radical (unpaired) electrons. The molecule has 1 saturated carbocycles. The van der Waals surface area contributed by atoms with Gasteiger partial charge in [-0.3, -0.25) is 0 Å². The van der Waals surface area contributed by atoms with E-state index < -0.39 is 0 Å². The average molecular weight is 366 g/mol. The lowest BCUT2D eigenvalue weighted by molar-refractivity contribution is 0.102. The minimum atomic E-state index is 0.423. The molecule has 0 amide bonds. The Labute approximate surface area is 140 Å². The smallest absolute Gasteiger partial charge is 0.0488 e. The first-order valence-electron chi connectivity index (χ1n) is 7.87. The maximum atomic E-state index is 3.69. The van der Waals surface area contributed by atoms with E-state index in [9.17, 15) is 0 Å². The first-order chi connectivity index (χ1) is 10.0. The van der Waals surface area contributed by atoms with Crippen molar-refractivity contribution in [2.45, 2.75) is 45.6 Å². The van der Waals surface area contributed by atoms with Crippen molar-refractivity contribution < 1.29 is 0 Å². The third-order valence-electron chi connectivity index (χ3n) is 5.22. The van der Waals surface area contributed by atoms with Gasteiger partial charge < -0.3 is 5.32 Å². The van der Waals surface area contributed by atoms with E-state index in [1.165, 1.54) is 45.8 Å². The normalized spacial score (nSPS) is 23.3. The number of fused-ring (bicyclic) bond motifs is 1. The largest absolute Gasteiger partial charge is 0.313 e. The fraction of sp³-hybridized carbons (Fsp3) is 0.556. The molecule has 1 aromatic carbocycles. The Hall–Kier alpha value is -0.380. The van der Waals surface area contributed by atoms with E-state index in [2.05, 4.69) is 65.7 Å². The predicted molar refractivity (Wildman–Crippen MR) is 97.1 cm³/mol. The number of halogens is 1. The number of benzene rings is 1. The maximum absolute atomic E-state index is 3.69. The highest BCUT2D eigenvalue weighted by Gasteiger charge is 2.38. The summed E-state index contributed by atoms with van der Waals surface area (Å²) in [5.41, 5.74) is 1.91. The average Bonchev–Trinajstić information content (AvgIpc) is 2.87. The second kappa shape index (κ2) is 6.02. The highest BCUT2D eigenvalue weighted by molar-refractivity contribution is 9.10. The fourth-order valence-corrected chi connectivity index (χ4v) is 5.65. The summed E-state index contributed by atoms with van der Waals surface area (Å²) in [6, 6.07) is 7.03. The highest BCUT2D eigenvalue weighted by Crippen LogP contribution is 2.48. The zero-order valence-electron chi connectivity index (χ0n) is 13.1. The van der Waals surface area contributed by atoms with E-state index in [-0.39, 0.29) is 0 Å². The molecule has 2 aromatic rings. The van der Waals surface area contributed by atoms with E-state index >= 15 is 0 Å². The van der Waals surface area contributed by atoms with Crippen molar-refractivity contribution >= 4 is 37.4 Å². The van der Waals surface area contributed by atoms with Crippen molar-refractivity contribution in [3.05, 3.63) is 33.6 Å². The lowest BCUT2D eigenvalue weighted by Crippen LogP contribution is -2.37. The van der Waals surface area contributed by atoms with Crippen LogP contribution in [0.1, 0.15) is 51.1 Å². The molecular formula is C18H24BrNS. The molecule has 1 heterocycles. The van der Waals surface area contributed by atoms with Crippen LogP contribution in [0.5, 0.6) is 0 Å². The van der Waals surface area contributed by atoms with E-state index in [0.717, 1.165) is 0 Å². The van der Waals surface area contributed by atoms with Crippen molar-refractivity contribution in [2.75, 3.05) is 7.05 Å². The molecule has 1 aliphatic carbocycles. The summed E-state index contributed by atoms with van der Waals surface area (Å²) in [7, 11) is 2.12. The molecule has 114 valence electrons. The van der Waals surface area contributed by atoms with Gasteiger partial charge in [-0.1, -0.05) is 38.8 Å². The molecule has 21 heavy (non-hydrogen) atoms. The van der Waals surface area contributed by atoms with Gasteiger partial charge in [-0.2, -0.15) is 0 Å². The molecule has 0 spiro atoms. The molecular weight excluding hydrogens is 342 g/mol. The van der Waals surface area contributed by atoms with Crippen molar-refractivity contribution in [1.29, 1.82) is 0 Å². The molecule has 0 aliphatic heterocycles. The third kappa shape index (κ3) is 2.80. The summed E-state index contributed by atoms with van der Waals surface area (Å²) >= 11 is 5.55. The summed E-state index contributed by atoms with van der Waals surface area (Å²) in [6.45, 7) is 4.90. The standard InChI is InChI=1S/C18H24BrNS/c1-18(2)10-5-4-8-14(18)16(20-3)13-11-21-17-12(13)7-6-9-15(17)19/h6-7,9,11,14,16,20H,4-5,8,10H2,1-3H3. The molecule has 3 heteroatoms. The molecule has 1 aromatic heterocycles. The van der Waals surface area contributed by atoms with Gasteiger partial charge in [0.25, 0.3) is 0 Å². The molecule has 2 atom stereocenters. The Morgan fingerprint density at radius 2 is 2.14 bits per heavy atom. The minimum absolute atomic E-state index is 0.423. The molecule has 1 aliphatic rings. The first kappa shape index (κ1) is 15.5. The predicted octanol–water partition coefficient (Wildman–Crippen LogP) is 6.14. The Balaban J connectivity index is 2.04. The molecule has 1 N–H and O–H groups in total. The molecule has 1 nitrogen and oxygen atoms in total. The zero-order valence-corrected chi connectivity index (χ0v) is 15.5. The maximum Gasteiger partial charge on any atom is 0.0488 e. The lowest BCUT2D eigenvalue weighted by atomic mass is 9.65. The highest BCUT2D eigenvalue weighted by atomic mass is 79.9. The van der Waals surface area contributed by atoms with Crippen molar-refractivity contribution in [2.24, 2.45) is 11.3 Å². The second-order valence-corrected chi connectivity index (χ2v) is 8.65. The van der Waals surface area contributed by atoms with Crippen LogP contribution in [0.3, 0.4) is 0 Å². The third-order valence-corrected chi connectivity index (χ3v) is 7.19. The zero-order chi connectivity index (χ0) is 15.0. The van der Waals surface area contributed by atoms with Gasteiger partial charge in [-0.25, -0.2) is 0 Å². The molecule has 2 unspecified atom stereocenters. The van der Waals surface area contributed by atoms with E-state index in [4.69, 9.17) is 0 Å². The van der Waals surface area contributed by atoms with Gasteiger partial charge in [0.2, 0.25) is 0 Å². The van der Waals surface area contributed by atoms with Crippen molar-refractivity contribution in [3.63, 3.8) is 0 Å². The Bertz CT molecular complexity index is 631. The Kier molecular flexibility index (Phi) is 4.45. The van der Waals surface area contributed by atoms with E-state index in [1.807, 2.05) is 11.3 Å². The van der Waals surface area contributed by atoms with Crippen LogP contribution >= 0.6 is 27.3 Å². The number of rotatable bonds is 3. The minimum Gasteiger partial charge on any atom is -0.313 e. The van der Waals surface area contributed by atoms with Gasteiger partial charge >= 0.3 is 0 Å². The van der Waals surface area contributed by atoms with Crippen molar-refractivity contribution in [3.8, 4) is 0 Å². The monoisotopic (exact) mass is 365 g/mol. The first-order valence-corrected chi connectivity index (χ1v) is 9.55. The summed E-state index contributed by atoms with van der Waals surface area (Å²) in [6.07, 6.45) is 5.44. The van der Waals surface area contributed by atoms with E-state index in [0.29, 0.717) is 17.4 Å². The second-order valence-electron chi connectivity index (χ2n) is 6.91. The quantitative estimate of drug-likeness (QED) is 0.688.